The molecule has 0 aliphatic rings. The third-order valence-corrected chi connectivity index (χ3v) is 5.65. The Morgan fingerprint density at radius 1 is 0.536 bits per heavy atom. The predicted octanol–water partition coefficient (Wildman–Crippen LogP) is 8.47. The summed E-state index contributed by atoms with van der Waals surface area (Å²) in [6, 6.07) is 0. The van der Waals surface area contributed by atoms with Crippen molar-refractivity contribution in [1.82, 2.24) is 0 Å². The smallest absolute Gasteiger partial charge is 0.0445 e. The Bertz CT molecular complexity index is 288. The lowest BCUT2D eigenvalue weighted by Crippen LogP contribution is -2.31. The van der Waals surface area contributed by atoms with Crippen molar-refractivity contribution in [1.29, 1.82) is 0 Å². The molecule has 0 aromatic carbocycles. The van der Waals surface area contributed by atoms with Crippen LogP contribution in [0.4, 0.5) is 0 Å². The number of rotatable bonds is 21. The van der Waals surface area contributed by atoms with Gasteiger partial charge >= 0.3 is 0 Å². The molecule has 28 heavy (non-hydrogen) atoms. The van der Waals surface area contributed by atoms with Crippen LogP contribution in [0.3, 0.4) is 0 Å². The first-order valence-electron chi connectivity index (χ1n) is 11.9. The summed E-state index contributed by atoms with van der Waals surface area (Å²) >= 11 is 0. The van der Waals surface area contributed by atoms with Gasteiger partial charge in [-0.2, -0.15) is 0 Å². The molecule has 2 heteroatoms. The number of carbonyl (C=O) groups is 1. The summed E-state index contributed by atoms with van der Waals surface area (Å²) in [5.41, 5.74) is 0. The predicted molar refractivity (Wildman–Crippen MR) is 126 cm³/mol. The van der Waals surface area contributed by atoms with Gasteiger partial charge in [0.05, 0.1) is 0 Å². The van der Waals surface area contributed by atoms with Crippen LogP contribution in [0.25, 0.3) is 0 Å². The summed E-state index contributed by atoms with van der Waals surface area (Å²) in [6.07, 6.45) is 24.9. The second kappa shape index (κ2) is 26.5. The van der Waals surface area contributed by atoms with E-state index in [0.717, 1.165) is 25.7 Å². The van der Waals surface area contributed by atoms with E-state index in [-0.39, 0.29) is 20.8 Å². The fourth-order valence-corrected chi connectivity index (χ4v) is 3.78. The minimum Gasteiger partial charge on any atom is -0.550 e. The van der Waals surface area contributed by atoms with Crippen molar-refractivity contribution in [3.05, 3.63) is 0 Å². The molecular formula is C26H55O2-. The summed E-state index contributed by atoms with van der Waals surface area (Å²) in [7, 11) is 0. The second-order valence-electron chi connectivity index (χ2n) is 8.25. The van der Waals surface area contributed by atoms with Crippen LogP contribution in [0.1, 0.15) is 157 Å². The van der Waals surface area contributed by atoms with Crippen LogP contribution in [0, 0.1) is 5.92 Å². The topological polar surface area (TPSA) is 40.1 Å². The molecule has 2 nitrogen and oxygen atoms in total. The van der Waals surface area contributed by atoms with Crippen molar-refractivity contribution < 1.29 is 9.90 Å². The molecule has 0 heterocycles. The van der Waals surface area contributed by atoms with Gasteiger partial charge in [-0.05, 0) is 18.8 Å². The third-order valence-electron chi connectivity index (χ3n) is 5.65. The van der Waals surface area contributed by atoms with E-state index in [2.05, 4.69) is 13.8 Å². The zero-order valence-electron chi connectivity index (χ0n) is 18.0. The Morgan fingerprint density at radius 2 is 0.786 bits per heavy atom. The van der Waals surface area contributed by atoms with Gasteiger partial charge in [0.1, 0.15) is 0 Å². The molecule has 0 spiro atoms. The van der Waals surface area contributed by atoms with E-state index >= 15 is 0 Å². The van der Waals surface area contributed by atoms with Crippen LogP contribution in [-0.4, -0.2) is 5.97 Å². The molecule has 0 aromatic rings. The van der Waals surface area contributed by atoms with Crippen LogP contribution in [0.5, 0.6) is 0 Å². The molecule has 0 aliphatic carbocycles. The van der Waals surface area contributed by atoms with E-state index in [0.29, 0.717) is 0 Å². The van der Waals surface area contributed by atoms with Crippen LogP contribution in [-0.2, 0) is 4.79 Å². The number of carboxylic acid groups (broad SMARTS) is 1. The monoisotopic (exact) mass is 399 g/mol. The Labute approximate surface area is 179 Å². The zero-order chi connectivity index (χ0) is 19.3. The van der Waals surface area contributed by atoms with Gasteiger partial charge in [-0.15, -0.1) is 0 Å². The van der Waals surface area contributed by atoms with Gasteiger partial charge in [-0.1, -0.05) is 144 Å². The lowest BCUT2D eigenvalue weighted by atomic mass is 9.94. The number of hydrogen-bond acceptors (Lipinski definition) is 2. The molecule has 172 valence electrons. The van der Waals surface area contributed by atoms with Crippen molar-refractivity contribution in [2.75, 3.05) is 0 Å². The number of carbonyl (C=O) groups excluding carboxylic acids is 1. The molecule has 1 atom stereocenters. The maximum atomic E-state index is 11.3. The van der Waals surface area contributed by atoms with E-state index in [9.17, 15) is 9.90 Å². The average Bonchev–Trinajstić information content (AvgIpc) is 2.63. The van der Waals surface area contributed by atoms with Crippen LogP contribution >= 0.6 is 0 Å². The molecule has 0 saturated carbocycles. The van der Waals surface area contributed by atoms with Gasteiger partial charge in [0.25, 0.3) is 0 Å². The molecule has 0 amide bonds. The van der Waals surface area contributed by atoms with Crippen molar-refractivity contribution >= 4 is 5.97 Å². The van der Waals surface area contributed by atoms with Crippen LogP contribution in [0.15, 0.2) is 0 Å². The lowest BCUT2D eigenvalue weighted by molar-refractivity contribution is -0.312. The summed E-state index contributed by atoms with van der Waals surface area (Å²) in [5, 5.41) is 11.3. The van der Waals surface area contributed by atoms with Gasteiger partial charge in [0.2, 0.25) is 0 Å². The fraction of sp³-hybridized carbons (Fsp3) is 0.962. The Balaban J connectivity index is -0.00000312. The second-order valence-corrected chi connectivity index (χ2v) is 8.25. The van der Waals surface area contributed by atoms with Crippen molar-refractivity contribution in [3.63, 3.8) is 0 Å². The Hall–Kier alpha value is -0.530. The SMILES string of the molecule is C.C.CCCCCCCCCCCCC(CCCCCCCCCC)C(=O)[O-]. The Morgan fingerprint density at radius 3 is 1.04 bits per heavy atom. The zero-order valence-corrected chi connectivity index (χ0v) is 18.0. The molecule has 1 unspecified atom stereocenters. The van der Waals surface area contributed by atoms with Crippen LogP contribution in [0.2, 0.25) is 0 Å². The van der Waals surface area contributed by atoms with E-state index < -0.39 is 5.97 Å². The minimum absolute atomic E-state index is 0. The lowest BCUT2D eigenvalue weighted by Gasteiger charge is -2.17. The van der Waals surface area contributed by atoms with Gasteiger partial charge in [0.15, 0.2) is 0 Å². The van der Waals surface area contributed by atoms with Crippen molar-refractivity contribution in [2.24, 2.45) is 5.92 Å². The highest BCUT2D eigenvalue weighted by Gasteiger charge is 2.09. The molecule has 0 aromatic heterocycles. The van der Waals surface area contributed by atoms with Gasteiger partial charge in [-0.25, -0.2) is 0 Å². The highest BCUT2D eigenvalue weighted by atomic mass is 16.4. The van der Waals surface area contributed by atoms with Gasteiger partial charge < -0.3 is 9.90 Å². The number of unbranched alkanes of at least 4 members (excludes halogenated alkanes) is 16. The Kier molecular flexibility index (Phi) is 30.4. The first-order valence-corrected chi connectivity index (χ1v) is 11.9. The standard InChI is InChI=1S/C24H48O2.2CH4/c1-3-5-7-9-11-13-14-16-18-20-22-23(24(25)26)21-19-17-15-12-10-8-6-4-2;;/h23H,3-22H2,1-2H3,(H,25,26);2*1H4/p-1. The fourth-order valence-electron chi connectivity index (χ4n) is 3.78. The highest BCUT2D eigenvalue weighted by Crippen LogP contribution is 2.19. The molecule has 0 fully saturated rings. The molecule has 0 rings (SSSR count). The molecule has 0 bridgehead atoms. The minimum atomic E-state index is -0.816. The quantitative estimate of drug-likeness (QED) is 0.182. The summed E-state index contributed by atoms with van der Waals surface area (Å²) in [4.78, 5) is 11.3. The molecular weight excluding hydrogens is 344 g/mol. The average molecular weight is 400 g/mol. The maximum absolute atomic E-state index is 11.3. The van der Waals surface area contributed by atoms with E-state index in [4.69, 9.17) is 0 Å². The third kappa shape index (κ3) is 23.5. The normalized spacial score (nSPS) is 11.5. The number of aliphatic carboxylic acids is 1. The first-order chi connectivity index (χ1) is 12.7. The van der Waals surface area contributed by atoms with E-state index in [1.807, 2.05) is 0 Å². The van der Waals surface area contributed by atoms with Crippen molar-refractivity contribution in [2.45, 2.75) is 157 Å². The molecule has 0 saturated heterocycles. The summed E-state index contributed by atoms with van der Waals surface area (Å²) < 4.78 is 0. The maximum Gasteiger partial charge on any atom is 0.0445 e. The summed E-state index contributed by atoms with van der Waals surface area (Å²) in [5.74, 6) is -1.02. The van der Waals surface area contributed by atoms with Crippen LogP contribution < -0.4 is 5.11 Å². The van der Waals surface area contributed by atoms with E-state index in [1.54, 1.807) is 0 Å². The van der Waals surface area contributed by atoms with E-state index in [1.165, 1.54) is 103 Å². The number of carboxylic acids is 1. The van der Waals surface area contributed by atoms with Gasteiger partial charge in [0, 0.05) is 5.97 Å². The number of hydrogen-bond donors (Lipinski definition) is 0. The van der Waals surface area contributed by atoms with Crippen molar-refractivity contribution in [3.8, 4) is 0 Å². The summed E-state index contributed by atoms with van der Waals surface area (Å²) in [6.45, 7) is 4.50. The largest absolute Gasteiger partial charge is 0.550 e. The molecule has 0 aliphatic heterocycles. The van der Waals surface area contributed by atoms with Gasteiger partial charge in [-0.3, -0.25) is 0 Å². The molecule has 0 radical (unpaired) electrons. The molecule has 0 N–H and O–H groups in total. The first kappa shape index (κ1) is 32.1. The highest BCUT2D eigenvalue weighted by molar-refractivity contribution is 5.67.